The number of ether oxygens (including phenoxy) is 2. The molecule has 6 nitrogen and oxygen atoms in total. The minimum atomic E-state index is -0.555. The normalized spacial score (nSPS) is 11.9. The molecule has 112 valence electrons. The summed E-state index contributed by atoms with van der Waals surface area (Å²) >= 11 is 0. The second kappa shape index (κ2) is 9.17. The standard InChI is InChI=1S/C14H22N2O4/c1-19-10-11(17)6-8-16-14(18)7-9-20-13-5-3-2-4-12(13)15/h2-5,11,17H,6-10,15H2,1H3,(H,16,18). The first-order chi connectivity index (χ1) is 9.63. The first-order valence-electron chi connectivity index (χ1n) is 6.54. The van der Waals surface area contributed by atoms with Crippen molar-refractivity contribution in [2.45, 2.75) is 18.9 Å². The van der Waals surface area contributed by atoms with Crippen molar-refractivity contribution in [1.29, 1.82) is 0 Å². The summed E-state index contributed by atoms with van der Waals surface area (Å²) in [5.41, 5.74) is 6.27. The van der Waals surface area contributed by atoms with Gasteiger partial charge in [0.05, 0.1) is 31.4 Å². The van der Waals surface area contributed by atoms with Crippen molar-refractivity contribution in [3.63, 3.8) is 0 Å². The van der Waals surface area contributed by atoms with E-state index in [1.807, 2.05) is 12.1 Å². The average Bonchev–Trinajstić information content (AvgIpc) is 2.41. The van der Waals surface area contributed by atoms with Gasteiger partial charge in [-0.05, 0) is 18.6 Å². The van der Waals surface area contributed by atoms with Crippen LogP contribution in [-0.2, 0) is 9.53 Å². The van der Waals surface area contributed by atoms with E-state index in [-0.39, 0.29) is 25.5 Å². The quantitative estimate of drug-likeness (QED) is 0.575. The van der Waals surface area contributed by atoms with E-state index < -0.39 is 6.10 Å². The molecule has 1 aromatic carbocycles. The number of hydrogen-bond acceptors (Lipinski definition) is 5. The van der Waals surface area contributed by atoms with E-state index in [1.165, 1.54) is 7.11 Å². The Morgan fingerprint density at radius 1 is 1.45 bits per heavy atom. The van der Waals surface area contributed by atoms with Crippen LogP contribution in [0.25, 0.3) is 0 Å². The fourth-order valence-electron chi connectivity index (χ4n) is 1.61. The van der Waals surface area contributed by atoms with Gasteiger partial charge in [0.25, 0.3) is 0 Å². The van der Waals surface area contributed by atoms with Crippen molar-refractivity contribution in [2.75, 3.05) is 32.6 Å². The fourth-order valence-corrected chi connectivity index (χ4v) is 1.61. The second-order valence-electron chi connectivity index (χ2n) is 4.38. The Kier molecular flexibility index (Phi) is 7.46. The number of carbonyl (C=O) groups is 1. The van der Waals surface area contributed by atoms with Gasteiger partial charge in [-0.3, -0.25) is 4.79 Å². The molecule has 1 atom stereocenters. The molecule has 1 unspecified atom stereocenters. The van der Waals surface area contributed by atoms with Crippen LogP contribution >= 0.6 is 0 Å². The van der Waals surface area contributed by atoms with E-state index in [0.29, 0.717) is 24.4 Å². The van der Waals surface area contributed by atoms with Crippen molar-refractivity contribution in [2.24, 2.45) is 0 Å². The highest BCUT2D eigenvalue weighted by atomic mass is 16.5. The number of nitrogens with two attached hydrogens (primary N) is 1. The zero-order valence-electron chi connectivity index (χ0n) is 11.7. The van der Waals surface area contributed by atoms with Gasteiger partial charge in [-0.2, -0.15) is 0 Å². The van der Waals surface area contributed by atoms with Crippen molar-refractivity contribution < 1.29 is 19.4 Å². The molecule has 0 aliphatic rings. The third-order valence-electron chi connectivity index (χ3n) is 2.66. The van der Waals surface area contributed by atoms with Crippen LogP contribution in [0.3, 0.4) is 0 Å². The summed E-state index contributed by atoms with van der Waals surface area (Å²) in [6.45, 7) is 0.948. The number of hydrogen-bond donors (Lipinski definition) is 3. The van der Waals surface area contributed by atoms with Crippen LogP contribution in [0.15, 0.2) is 24.3 Å². The third-order valence-corrected chi connectivity index (χ3v) is 2.66. The lowest BCUT2D eigenvalue weighted by Crippen LogP contribution is -2.29. The monoisotopic (exact) mass is 282 g/mol. The lowest BCUT2D eigenvalue weighted by molar-refractivity contribution is -0.121. The van der Waals surface area contributed by atoms with Crippen LogP contribution in [0.4, 0.5) is 5.69 Å². The molecular weight excluding hydrogens is 260 g/mol. The van der Waals surface area contributed by atoms with Crippen LogP contribution in [0, 0.1) is 0 Å². The first-order valence-corrected chi connectivity index (χ1v) is 6.54. The molecule has 20 heavy (non-hydrogen) atoms. The molecule has 1 amide bonds. The molecule has 0 aliphatic heterocycles. The van der Waals surface area contributed by atoms with Crippen molar-refractivity contribution in [3.8, 4) is 5.75 Å². The maximum atomic E-state index is 11.5. The minimum absolute atomic E-state index is 0.121. The van der Waals surface area contributed by atoms with Gasteiger partial charge in [-0.25, -0.2) is 0 Å². The topological polar surface area (TPSA) is 93.8 Å². The Morgan fingerprint density at radius 3 is 2.90 bits per heavy atom. The van der Waals surface area contributed by atoms with Gasteiger partial charge in [0.2, 0.25) is 5.91 Å². The number of para-hydroxylation sites is 2. The summed E-state index contributed by atoms with van der Waals surface area (Å²) in [7, 11) is 1.52. The number of amides is 1. The average molecular weight is 282 g/mol. The smallest absolute Gasteiger partial charge is 0.223 e. The molecule has 0 saturated heterocycles. The van der Waals surface area contributed by atoms with E-state index in [4.69, 9.17) is 15.2 Å². The van der Waals surface area contributed by atoms with Gasteiger partial charge in [-0.15, -0.1) is 0 Å². The first kappa shape index (κ1) is 16.3. The van der Waals surface area contributed by atoms with Crippen LogP contribution in [0.1, 0.15) is 12.8 Å². The van der Waals surface area contributed by atoms with E-state index in [0.717, 1.165) is 0 Å². The lowest BCUT2D eigenvalue weighted by atomic mass is 10.2. The van der Waals surface area contributed by atoms with E-state index in [9.17, 15) is 9.90 Å². The third kappa shape index (κ3) is 6.40. The molecule has 1 rings (SSSR count). The van der Waals surface area contributed by atoms with Gasteiger partial charge >= 0.3 is 0 Å². The molecular formula is C14H22N2O4. The van der Waals surface area contributed by atoms with E-state index in [2.05, 4.69) is 5.32 Å². The molecule has 0 fully saturated rings. The van der Waals surface area contributed by atoms with Crippen molar-refractivity contribution in [1.82, 2.24) is 5.32 Å². The highest BCUT2D eigenvalue weighted by Gasteiger charge is 2.06. The zero-order chi connectivity index (χ0) is 14.8. The number of aliphatic hydroxyl groups excluding tert-OH is 1. The van der Waals surface area contributed by atoms with Crippen molar-refractivity contribution in [3.05, 3.63) is 24.3 Å². The fraction of sp³-hybridized carbons (Fsp3) is 0.500. The van der Waals surface area contributed by atoms with Crippen LogP contribution in [0.5, 0.6) is 5.75 Å². The van der Waals surface area contributed by atoms with Crippen molar-refractivity contribution >= 4 is 11.6 Å². The molecule has 0 spiro atoms. The van der Waals surface area contributed by atoms with E-state index in [1.54, 1.807) is 12.1 Å². The van der Waals surface area contributed by atoms with Gasteiger partial charge < -0.3 is 25.6 Å². The second-order valence-corrected chi connectivity index (χ2v) is 4.38. The number of nitrogens with one attached hydrogen (secondary N) is 1. The summed E-state index contributed by atoms with van der Waals surface area (Å²) < 4.78 is 10.2. The number of carbonyl (C=O) groups excluding carboxylic acids is 1. The van der Waals surface area contributed by atoms with E-state index >= 15 is 0 Å². The molecule has 6 heteroatoms. The number of benzene rings is 1. The molecule has 0 aromatic heterocycles. The summed E-state index contributed by atoms with van der Waals surface area (Å²) in [6.07, 6.45) is 0.154. The number of rotatable bonds is 9. The Labute approximate surface area is 118 Å². The highest BCUT2D eigenvalue weighted by molar-refractivity contribution is 5.75. The predicted molar refractivity (Wildman–Crippen MR) is 76.5 cm³/mol. The Morgan fingerprint density at radius 2 is 2.20 bits per heavy atom. The Balaban J connectivity index is 2.13. The lowest BCUT2D eigenvalue weighted by Gasteiger charge is -2.11. The van der Waals surface area contributed by atoms with Gasteiger partial charge in [0.1, 0.15) is 5.75 Å². The molecule has 0 bridgehead atoms. The number of anilines is 1. The Bertz CT molecular complexity index is 412. The summed E-state index contributed by atoms with van der Waals surface area (Å²) in [5.74, 6) is 0.458. The SMILES string of the molecule is COCC(O)CCNC(=O)CCOc1ccccc1N. The molecule has 0 saturated carbocycles. The van der Waals surface area contributed by atoms with Crippen LogP contribution < -0.4 is 15.8 Å². The summed E-state index contributed by atoms with van der Waals surface area (Å²) in [6, 6.07) is 7.14. The summed E-state index contributed by atoms with van der Waals surface area (Å²) in [4.78, 5) is 11.5. The minimum Gasteiger partial charge on any atom is -0.491 e. The van der Waals surface area contributed by atoms with Crippen LogP contribution in [0.2, 0.25) is 0 Å². The van der Waals surface area contributed by atoms with Crippen LogP contribution in [-0.4, -0.2) is 44.0 Å². The zero-order valence-corrected chi connectivity index (χ0v) is 11.7. The molecule has 0 heterocycles. The van der Waals surface area contributed by atoms with Gasteiger partial charge in [-0.1, -0.05) is 12.1 Å². The molecule has 4 N–H and O–H groups in total. The van der Waals surface area contributed by atoms with Gasteiger partial charge in [0, 0.05) is 13.7 Å². The molecule has 0 aliphatic carbocycles. The largest absolute Gasteiger partial charge is 0.491 e. The maximum absolute atomic E-state index is 11.5. The maximum Gasteiger partial charge on any atom is 0.223 e. The molecule has 0 radical (unpaired) electrons. The number of nitrogen functional groups attached to an aromatic ring is 1. The number of aliphatic hydroxyl groups is 1. The van der Waals surface area contributed by atoms with Gasteiger partial charge in [0.15, 0.2) is 0 Å². The summed E-state index contributed by atoms with van der Waals surface area (Å²) in [5, 5.41) is 12.1. The highest BCUT2D eigenvalue weighted by Crippen LogP contribution is 2.19. The predicted octanol–water partition coefficient (Wildman–Crippen LogP) is 0.551. The Hall–Kier alpha value is -1.79. The molecule has 1 aromatic rings. The number of methoxy groups -OCH3 is 1.